The molecular formula is C22H21ClFN3O3. The van der Waals surface area contributed by atoms with E-state index >= 15 is 0 Å². The van der Waals surface area contributed by atoms with Crippen LogP contribution in [0.2, 0.25) is 5.02 Å². The van der Waals surface area contributed by atoms with Crippen LogP contribution in [0.25, 0.3) is 0 Å². The maximum Gasteiger partial charge on any atom is 0.342 e. The molecule has 0 bridgehead atoms. The van der Waals surface area contributed by atoms with E-state index in [9.17, 15) is 14.0 Å². The van der Waals surface area contributed by atoms with Crippen molar-refractivity contribution < 1.29 is 18.7 Å². The molecule has 6 nitrogen and oxygen atoms in total. The van der Waals surface area contributed by atoms with Crippen LogP contribution in [0.1, 0.15) is 32.9 Å². The Kier molecular flexibility index (Phi) is 6.84. The number of carbonyl (C=O) groups excluding carboxylic acids is 2. The zero-order chi connectivity index (χ0) is 21.7. The number of hydrogen-bond donors (Lipinski definition) is 1. The van der Waals surface area contributed by atoms with Gasteiger partial charge in [0.2, 0.25) is 0 Å². The Bertz CT molecular complexity index is 1060. The highest BCUT2D eigenvalue weighted by Gasteiger charge is 2.21. The van der Waals surface area contributed by atoms with Crippen LogP contribution in [0.15, 0.2) is 48.5 Å². The van der Waals surface area contributed by atoms with E-state index in [-0.39, 0.29) is 12.4 Å². The highest BCUT2D eigenvalue weighted by molar-refractivity contribution is 6.31. The monoisotopic (exact) mass is 429 g/mol. The van der Waals surface area contributed by atoms with E-state index in [1.807, 2.05) is 18.2 Å². The SMILES string of the molecule is Cc1nn(Cc2ccccc2Cl)c(C)c1C(=O)OCC(=O)NCc1ccc(F)cc1. The predicted octanol–water partition coefficient (Wildman–Crippen LogP) is 3.81. The number of carbonyl (C=O) groups is 2. The molecule has 1 N–H and O–H groups in total. The van der Waals surface area contributed by atoms with Crippen LogP contribution in [0.4, 0.5) is 4.39 Å². The van der Waals surface area contributed by atoms with E-state index in [1.54, 1.807) is 36.7 Å². The second kappa shape index (κ2) is 9.54. The molecule has 3 rings (SSSR count). The number of hydrogen-bond acceptors (Lipinski definition) is 4. The molecule has 0 fully saturated rings. The summed E-state index contributed by atoms with van der Waals surface area (Å²) >= 11 is 6.21. The van der Waals surface area contributed by atoms with Crippen LogP contribution in [0, 0.1) is 19.7 Å². The molecule has 156 valence electrons. The summed E-state index contributed by atoms with van der Waals surface area (Å²) in [5.74, 6) is -1.42. The second-order valence-corrected chi connectivity index (χ2v) is 7.18. The first-order valence-corrected chi connectivity index (χ1v) is 9.68. The van der Waals surface area contributed by atoms with Crippen molar-refractivity contribution in [2.45, 2.75) is 26.9 Å². The number of halogens is 2. The summed E-state index contributed by atoms with van der Waals surface area (Å²) in [6.45, 7) is 3.68. The third-order valence-electron chi connectivity index (χ3n) is 4.60. The van der Waals surface area contributed by atoms with Crippen molar-refractivity contribution in [2.24, 2.45) is 0 Å². The van der Waals surface area contributed by atoms with Gasteiger partial charge in [-0.1, -0.05) is 41.9 Å². The molecule has 0 aliphatic heterocycles. The van der Waals surface area contributed by atoms with Gasteiger partial charge in [-0.15, -0.1) is 0 Å². The van der Waals surface area contributed by atoms with Gasteiger partial charge >= 0.3 is 5.97 Å². The fourth-order valence-electron chi connectivity index (χ4n) is 2.99. The van der Waals surface area contributed by atoms with Gasteiger partial charge in [-0.05, 0) is 43.2 Å². The van der Waals surface area contributed by atoms with Crippen LogP contribution in [-0.2, 0) is 22.6 Å². The molecule has 0 saturated carbocycles. The highest BCUT2D eigenvalue weighted by atomic mass is 35.5. The molecule has 0 aliphatic rings. The van der Waals surface area contributed by atoms with Crippen LogP contribution >= 0.6 is 11.6 Å². The molecule has 0 spiro atoms. The van der Waals surface area contributed by atoms with Gasteiger partial charge in [0.1, 0.15) is 11.4 Å². The number of aromatic nitrogens is 2. The van der Waals surface area contributed by atoms with Crippen molar-refractivity contribution in [3.8, 4) is 0 Å². The van der Waals surface area contributed by atoms with Crippen LogP contribution in [0.5, 0.6) is 0 Å². The average Bonchev–Trinajstić information content (AvgIpc) is 3.00. The standard InChI is InChI=1S/C22H21ClFN3O3/c1-14-21(15(2)27(26-14)12-17-5-3-4-6-19(17)23)22(29)30-13-20(28)25-11-16-7-9-18(24)10-8-16/h3-10H,11-13H2,1-2H3,(H,25,28). The quantitative estimate of drug-likeness (QED) is 0.579. The van der Waals surface area contributed by atoms with Crippen LogP contribution < -0.4 is 5.32 Å². The summed E-state index contributed by atoms with van der Waals surface area (Å²) in [5, 5.41) is 7.65. The lowest BCUT2D eigenvalue weighted by Crippen LogP contribution is -2.28. The Morgan fingerprint density at radius 1 is 1.13 bits per heavy atom. The molecular weight excluding hydrogens is 409 g/mol. The average molecular weight is 430 g/mol. The number of ether oxygens (including phenoxy) is 1. The lowest BCUT2D eigenvalue weighted by atomic mass is 10.2. The first-order valence-electron chi connectivity index (χ1n) is 9.31. The lowest BCUT2D eigenvalue weighted by molar-refractivity contribution is -0.124. The first-order chi connectivity index (χ1) is 14.3. The molecule has 0 radical (unpaired) electrons. The van der Waals surface area contributed by atoms with Crippen LogP contribution in [-0.4, -0.2) is 28.3 Å². The summed E-state index contributed by atoms with van der Waals surface area (Å²) in [7, 11) is 0. The van der Waals surface area contributed by atoms with E-state index in [1.165, 1.54) is 12.1 Å². The predicted molar refractivity (Wildman–Crippen MR) is 111 cm³/mol. The number of nitrogens with zero attached hydrogens (tertiary/aromatic N) is 2. The molecule has 1 amide bonds. The summed E-state index contributed by atoms with van der Waals surface area (Å²) in [6.07, 6.45) is 0. The highest BCUT2D eigenvalue weighted by Crippen LogP contribution is 2.20. The van der Waals surface area contributed by atoms with Crippen molar-refractivity contribution in [2.75, 3.05) is 6.61 Å². The molecule has 1 aromatic heterocycles. The molecule has 0 saturated heterocycles. The molecule has 0 aliphatic carbocycles. The minimum atomic E-state index is -0.618. The first kappa shape index (κ1) is 21.5. The molecule has 1 heterocycles. The van der Waals surface area contributed by atoms with Gasteiger partial charge < -0.3 is 10.1 Å². The van der Waals surface area contributed by atoms with E-state index in [4.69, 9.17) is 16.3 Å². The van der Waals surface area contributed by atoms with Crippen molar-refractivity contribution in [3.63, 3.8) is 0 Å². The van der Waals surface area contributed by atoms with Gasteiger partial charge in [0, 0.05) is 11.6 Å². The minimum absolute atomic E-state index is 0.213. The smallest absolute Gasteiger partial charge is 0.342 e. The Labute approximate surface area is 178 Å². The van der Waals surface area contributed by atoms with Gasteiger partial charge in [0.15, 0.2) is 6.61 Å². The van der Waals surface area contributed by atoms with Crippen LogP contribution in [0.3, 0.4) is 0 Å². The van der Waals surface area contributed by atoms with E-state index in [0.29, 0.717) is 28.5 Å². The van der Waals surface area contributed by atoms with Gasteiger partial charge in [-0.25, -0.2) is 9.18 Å². The Hall–Kier alpha value is -3.19. The number of nitrogens with one attached hydrogen (secondary N) is 1. The molecule has 8 heteroatoms. The van der Waals surface area contributed by atoms with Crippen molar-refractivity contribution in [1.29, 1.82) is 0 Å². The summed E-state index contributed by atoms with van der Waals surface area (Å²) < 4.78 is 19.7. The summed E-state index contributed by atoms with van der Waals surface area (Å²) in [5.41, 5.74) is 3.09. The van der Waals surface area contributed by atoms with Crippen molar-refractivity contribution in [3.05, 3.63) is 87.4 Å². The third kappa shape index (κ3) is 5.24. The number of benzene rings is 2. The molecule has 0 atom stereocenters. The fourth-order valence-corrected chi connectivity index (χ4v) is 3.19. The maximum atomic E-state index is 12.9. The number of aryl methyl sites for hydroxylation is 1. The largest absolute Gasteiger partial charge is 0.452 e. The molecule has 3 aromatic rings. The zero-order valence-corrected chi connectivity index (χ0v) is 17.4. The molecule has 0 unspecified atom stereocenters. The van der Waals surface area contributed by atoms with Gasteiger partial charge in [0.25, 0.3) is 5.91 Å². The molecule has 2 aromatic carbocycles. The van der Waals surface area contributed by atoms with Crippen molar-refractivity contribution >= 4 is 23.5 Å². The number of esters is 1. The number of rotatable bonds is 7. The summed E-state index contributed by atoms with van der Waals surface area (Å²) in [6, 6.07) is 13.2. The van der Waals surface area contributed by atoms with E-state index in [0.717, 1.165) is 11.1 Å². The summed E-state index contributed by atoms with van der Waals surface area (Å²) in [4.78, 5) is 24.5. The molecule has 30 heavy (non-hydrogen) atoms. The topological polar surface area (TPSA) is 73.2 Å². The Morgan fingerprint density at radius 3 is 2.53 bits per heavy atom. The zero-order valence-electron chi connectivity index (χ0n) is 16.6. The Balaban J connectivity index is 1.58. The number of amides is 1. The van der Waals surface area contributed by atoms with Gasteiger partial charge in [-0.3, -0.25) is 9.48 Å². The van der Waals surface area contributed by atoms with E-state index in [2.05, 4.69) is 10.4 Å². The Morgan fingerprint density at radius 2 is 1.83 bits per heavy atom. The lowest BCUT2D eigenvalue weighted by Gasteiger charge is -2.08. The fraction of sp³-hybridized carbons (Fsp3) is 0.227. The maximum absolute atomic E-state index is 12.9. The van der Waals surface area contributed by atoms with Gasteiger partial charge in [0.05, 0.1) is 17.9 Å². The van der Waals surface area contributed by atoms with Gasteiger partial charge in [-0.2, -0.15) is 5.10 Å². The normalized spacial score (nSPS) is 10.7. The minimum Gasteiger partial charge on any atom is -0.452 e. The van der Waals surface area contributed by atoms with Crippen molar-refractivity contribution in [1.82, 2.24) is 15.1 Å². The van der Waals surface area contributed by atoms with E-state index < -0.39 is 18.5 Å². The third-order valence-corrected chi connectivity index (χ3v) is 4.97. The second-order valence-electron chi connectivity index (χ2n) is 6.77.